The first-order chi connectivity index (χ1) is 5.68. The van der Waals surface area contributed by atoms with Gasteiger partial charge in [-0.05, 0) is 12.1 Å². The minimum Gasteiger partial charge on any atom is -0.508 e. The van der Waals surface area contributed by atoms with E-state index in [1.165, 1.54) is 0 Å². The molecule has 0 unspecified atom stereocenters. The second-order valence-corrected chi connectivity index (χ2v) is 2.97. The summed E-state index contributed by atoms with van der Waals surface area (Å²) < 4.78 is 1.58. The van der Waals surface area contributed by atoms with E-state index in [9.17, 15) is 0 Å². The van der Waals surface area contributed by atoms with Crippen molar-refractivity contribution in [3.63, 3.8) is 0 Å². The predicted molar refractivity (Wildman–Crippen MR) is 47.4 cm³/mol. The van der Waals surface area contributed by atoms with Crippen LogP contribution in [-0.2, 0) is 7.05 Å². The van der Waals surface area contributed by atoms with Crippen molar-refractivity contribution in [2.24, 2.45) is 7.05 Å². The van der Waals surface area contributed by atoms with Gasteiger partial charge in [-0.1, -0.05) is 11.6 Å². The lowest BCUT2D eigenvalue weighted by molar-refractivity contribution is 0.476. The van der Waals surface area contributed by atoms with Gasteiger partial charge in [-0.25, -0.2) is 0 Å². The highest BCUT2D eigenvalue weighted by Crippen LogP contribution is 2.25. The Bertz CT molecular complexity index is 436. The van der Waals surface area contributed by atoms with Crippen LogP contribution in [0.4, 0.5) is 0 Å². The average molecular weight is 183 g/mol. The highest BCUT2D eigenvalue weighted by atomic mass is 35.5. The molecule has 0 radical (unpaired) electrons. The Kier molecular flexibility index (Phi) is 1.48. The van der Waals surface area contributed by atoms with Crippen LogP contribution in [0, 0.1) is 0 Å². The van der Waals surface area contributed by atoms with E-state index >= 15 is 0 Å². The topological polar surface area (TPSA) is 38.0 Å². The van der Waals surface area contributed by atoms with Crippen LogP contribution in [-0.4, -0.2) is 14.9 Å². The smallest absolute Gasteiger partial charge is 0.134 e. The second-order valence-electron chi connectivity index (χ2n) is 2.62. The van der Waals surface area contributed by atoms with Gasteiger partial charge >= 0.3 is 0 Å². The van der Waals surface area contributed by atoms with Crippen molar-refractivity contribution in [3.05, 3.63) is 23.4 Å². The number of halogens is 1. The van der Waals surface area contributed by atoms with E-state index in [2.05, 4.69) is 5.10 Å². The lowest BCUT2D eigenvalue weighted by atomic mass is 10.2. The molecular formula is C8H7ClN2O. The number of aryl methyl sites for hydroxylation is 1. The molecule has 1 aromatic heterocycles. The van der Waals surface area contributed by atoms with E-state index in [0.717, 1.165) is 5.39 Å². The first kappa shape index (κ1) is 7.43. The van der Waals surface area contributed by atoms with Crippen LogP contribution in [0.25, 0.3) is 10.9 Å². The van der Waals surface area contributed by atoms with E-state index in [-0.39, 0.29) is 5.75 Å². The predicted octanol–water partition coefficient (Wildman–Crippen LogP) is 1.93. The zero-order valence-electron chi connectivity index (χ0n) is 6.45. The van der Waals surface area contributed by atoms with Crippen molar-refractivity contribution < 1.29 is 5.11 Å². The fraction of sp³-hybridized carbons (Fsp3) is 0.125. The van der Waals surface area contributed by atoms with Crippen LogP contribution in [0.3, 0.4) is 0 Å². The molecule has 0 bridgehead atoms. The molecule has 0 saturated heterocycles. The molecule has 0 atom stereocenters. The maximum absolute atomic E-state index is 9.14. The number of aromatic hydroxyl groups is 1. The first-order valence-electron chi connectivity index (χ1n) is 3.50. The lowest BCUT2D eigenvalue weighted by Crippen LogP contribution is -1.87. The van der Waals surface area contributed by atoms with Crippen LogP contribution in [0.2, 0.25) is 5.15 Å². The highest BCUT2D eigenvalue weighted by molar-refractivity contribution is 6.34. The number of hydrogen-bond acceptors (Lipinski definition) is 2. The number of phenols is 1. The Balaban J connectivity index is 2.87. The van der Waals surface area contributed by atoms with Gasteiger partial charge in [0, 0.05) is 18.5 Å². The molecule has 1 aromatic carbocycles. The van der Waals surface area contributed by atoms with Crippen molar-refractivity contribution in [2.45, 2.75) is 0 Å². The molecule has 2 aromatic rings. The summed E-state index contributed by atoms with van der Waals surface area (Å²) in [6.45, 7) is 0. The van der Waals surface area contributed by atoms with Gasteiger partial charge in [-0.2, -0.15) is 5.10 Å². The molecule has 1 heterocycles. The van der Waals surface area contributed by atoms with E-state index in [1.54, 1.807) is 29.9 Å². The standard InChI is InChI=1S/C8H7ClN2O/c1-11-8(9)6-3-2-5(12)4-7(6)10-11/h2-4,12H,1H3. The maximum atomic E-state index is 9.14. The minimum atomic E-state index is 0.206. The largest absolute Gasteiger partial charge is 0.508 e. The molecule has 0 amide bonds. The number of aromatic nitrogens is 2. The number of benzene rings is 1. The number of hydrogen-bond donors (Lipinski definition) is 1. The van der Waals surface area contributed by atoms with Gasteiger partial charge in [0.2, 0.25) is 0 Å². The van der Waals surface area contributed by atoms with Crippen LogP contribution < -0.4 is 0 Å². The molecule has 0 spiro atoms. The summed E-state index contributed by atoms with van der Waals surface area (Å²) in [4.78, 5) is 0. The van der Waals surface area contributed by atoms with Crippen LogP contribution in [0.5, 0.6) is 5.75 Å². The van der Waals surface area contributed by atoms with Crippen LogP contribution in [0.15, 0.2) is 18.2 Å². The molecule has 0 aliphatic carbocycles. The summed E-state index contributed by atoms with van der Waals surface area (Å²) in [6, 6.07) is 4.93. The van der Waals surface area contributed by atoms with Gasteiger partial charge in [-0.15, -0.1) is 0 Å². The molecule has 0 saturated carbocycles. The monoisotopic (exact) mass is 182 g/mol. The minimum absolute atomic E-state index is 0.206. The molecule has 3 nitrogen and oxygen atoms in total. The Morgan fingerprint density at radius 1 is 1.50 bits per heavy atom. The lowest BCUT2D eigenvalue weighted by Gasteiger charge is -1.89. The Morgan fingerprint density at radius 3 is 3.00 bits per heavy atom. The fourth-order valence-electron chi connectivity index (χ4n) is 1.16. The number of fused-ring (bicyclic) bond motifs is 1. The summed E-state index contributed by atoms with van der Waals surface area (Å²) in [6.07, 6.45) is 0. The second kappa shape index (κ2) is 2.38. The van der Waals surface area contributed by atoms with Gasteiger partial charge in [0.25, 0.3) is 0 Å². The Labute approximate surface area is 74.2 Å². The molecule has 2 rings (SSSR count). The fourth-order valence-corrected chi connectivity index (χ4v) is 1.35. The van der Waals surface area contributed by atoms with Crippen molar-refractivity contribution in [1.29, 1.82) is 0 Å². The van der Waals surface area contributed by atoms with Gasteiger partial charge in [-0.3, -0.25) is 4.68 Å². The summed E-state index contributed by atoms with van der Waals surface area (Å²) in [7, 11) is 1.76. The molecule has 0 aliphatic rings. The van der Waals surface area contributed by atoms with Crippen molar-refractivity contribution in [3.8, 4) is 5.75 Å². The normalized spacial score (nSPS) is 10.8. The quantitative estimate of drug-likeness (QED) is 0.676. The van der Waals surface area contributed by atoms with E-state index in [4.69, 9.17) is 16.7 Å². The third-order valence-corrected chi connectivity index (χ3v) is 2.19. The molecule has 0 aliphatic heterocycles. The summed E-state index contributed by atoms with van der Waals surface area (Å²) >= 11 is 5.91. The van der Waals surface area contributed by atoms with Gasteiger partial charge < -0.3 is 5.11 Å². The average Bonchev–Trinajstić information content (AvgIpc) is 2.28. The number of nitrogens with zero attached hydrogens (tertiary/aromatic N) is 2. The van der Waals surface area contributed by atoms with Crippen molar-refractivity contribution >= 4 is 22.5 Å². The zero-order chi connectivity index (χ0) is 8.72. The summed E-state index contributed by atoms with van der Waals surface area (Å²) in [5.41, 5.74) is 0.711. The van der Waals surface area contributed by atoms with Crippen molar-refractivity contribution in [2.75, 3.05) is 0 Å². The zero-order valence-corrected chi connectivity index (χ0v) is 7.21. The van der Waals surface area contributed by atoms with E-state index in [0.29, 0.717) is 10.7 Å². The SMILES string of the molecule is Cn1nc2cc(O)ccc2c1Cl. The highest BCUT2D eigenvalue weighted by Gasteiger charge is 2.05. The molecule has 4 heteroatoms. The summed E-state index contributed by atoms with van der Waals surface area (Å²) in [5.74, 6) is 0.206. The summed E-state index contributed by atoms with van der Waals surface area (Å²) in [5, 5.41) is 14.7. The van der Waals surface area contributed by atoms with Gasteiger partial charge in [0.1, 0.15) is 10.9 Å². The van der Waals surface area contributed by atoms with E-state index < -0.39 is 0 Å². The molecule has 1 N–H and O–H groups in total. The van der Waals surface area contributed by atoms with E-state index in [1.807, 2.05) is 0 Å². The first-order valence-corrected chi connectivity index (χ1v) is 3.87. The maximum Gasteiger partial charge on any atom is 0.134 e. The molecule has 62 valence electrons. The number of phenolic OH excluding ortho intramolecular Hbond substituents is 1. The Hall–Kier alpha value is -1.22. The number of rotatable bonds is 0. The van der Waals surface area contributed by atoms with Crippen LogP contribution in [0.1, 0.15) is 0 Å². The third-order valence-electron chi connectivity index (χ3n) is 1.75. The van der Waals surface area contributed by atoms with Gasteiger partial charge in [0.15, 0.2) is 0 Å². The Morgan fingerprint density at radius 2 is 2.25 bits per heavy atom. The molecule has 12 heavy (non-hydrogen) atoms. The molecule has 0 fully saturated rings. The van der Waals surface area contributed by atoms with Gasteiger partial charge in [0.05, 0.1) is 5.52 Å². The third kappa shape index (κ3) is 0.940. The van der Waals surface area contributed by atoms with Crippen LogP contribution >= 0.6 is 11.6 Å². The molecular weight excluding hydrogens is 176 g/mol. The van der Waals surface area contributed by atoms with Crippen molar-refractivity contribution in [1.82, 2.24) is 9.78 Å².